The highest BCUT2D eigenvalue weighted by molar-refractivity contribution is 5.64. The molecule has 2 N–H and O–H groups in total. The Morgan fingerprint density at radius 1 is 1.11 bits per heavy atom. The van der Waals surface area contributed by atoms with Gasteiger partial charge >= 0.3 is 6.18 Å². The van der Waals surface area contributed by atoms with Crippen LogP contribution < -0.4 is 10.5 Å². The van der Waals surface area contributed by atoms with Crippen molar-refractivity contribution in [1.29, 1.82) is 0 Å². The van der Waals surface area contributed by atoms with Gasteiger partial charge in [0, 0.05) is 18.5 Å². The molecule has 3 aromatic rings. The highest BCUT2D eigenvalue weighted by Crippen LogP contribution is 2.34. The molecule has 0 unspecified atom stereocenters. The Bertz CT molecular complexity index is 954. The van der Waals surface area contributed by atoms with Gasteiger partial charge in [0.05, 0.1) is 17.5 Å². The number of nitrogens with zero attached hydrogens (tertiary/aromatic N) is 4. The smallest absolute Gasteiger partial charge is 0.408 e. The Kier molecular flexibility index (Phi) is 5.59. The summed E-state index contributed by atoms with van der Waals surface area (Å²) in [4.78, 5) is 8.47. The quantitative estimate of drug-likeness (QED) is 0.645. The van der Waals surface area contributed by atoms with Crippen LogP contribution >= 0.6 is 0 Å². The molecule has 0 atom stereocenters. The lowest BCUT2D eigenvalue weighted by atomic mass is 10.1. The molecule has 3 rings (SSSR count). The maximum atomic E-state index is 13.8. The molecular formula is C18H17F4N5O. The average molecular weight is 395 g/mol. The molecule has 0 bridgehead atoms. The molecule has 1 aromatic carbocycles. The van der Waals surface area contributed by atoms with Crippen LogP contribution in [-0.4, -0.2) is 32.5 Å². The molecule has 6 nitrogen and oxygen atoms in total. The summed E-state index contributed by atoms with van der Waals surface area (Å²) in [6, 6.07) is 3.78. The molecule has 10 heteroatoms. The van der Waals surface area contributed by atoms with Gasteiger partial charge in [0.1, 0.15) is 18.1 Å². The van der Waals surface area contributed by atoms with Gasteiger partial charge in [-0.15, -0.1) is 0 Å². The second kappa shape index (κ2) is 7.93. The molecule has 0 saturated carbocycles. The summed E-state index contributed by atoms with van der Waals surface area (Å²) in [6.45, 7) is 0.643. The minimum Gasteiger partial charge on any atom is -0.453 e. The summed E-state index contributed by atoms with van der Waals surface area (Å²) in [5.74, 6) is -0.132. The zero-order valence-electron chi connectivity index (χ0n) is 14.9. The minimum absolute atomic E-state index is 0.0706. The Morgan fingerprint density at radius 3 is 2.46 bits per heavy atom. The van der Waals surface area contributed by atoms with Crippen molar-refractivity contribution in [3.63, 3.8) is 0 Å². The number of hydrogen-bond donors (Lipinski definition) is 1. The van der Waals surface area contributed by atoms with Gasteiger partial charge in [-0.05, 0) is 37.6 Å². The Labute approximate surface area is 158 Å². The first kappa shape index (κ1) is 19.7. The van der Waals surface area contributed by atoms with E-state index in [0.29, 0.717) is 18.5 Å². The summed E-state index contributed by atoms with van der Waals surface area (Å²) in [5, 5.41) is 3.69. The monoisotopic (exact) mass is 395 g/mol. The molecule has 0 aliphatic heterocycles. The van der Waals surface area contributed by atoms with E-state index >= 15 is 0 Å². The van der Waals surface area contributed by atoms with Crippen molar-refractivity contribution in [2.24, 2.45) is 5.73 Å². The van der Waals surface area contributed by atoms with Crippen molar-refractivity contribution in [1.82, 2.24) is 19.7 Å². The molecule has 0 aliphatic carbocycles. The number of nitrogens with two attached hydrogens (primary N) is 1. The third-order valence-corrected chi connectivity index (χ3v) is 3.93. The van der Waals surface area contributed by atoms with Crippen molar-refractivity contribution >= 4 is 0 Å². The first-order valence-corrected chi connectivity index (χ1v) is 8.35. The van der Waals surface area contributed by atoms with E-state index in [-0.39, 0.29) is 23.0 Å². The maximum absolute atomic E-state index is 13.8. The highest BCUT2D eigenvalue weighted by atomic mass is 19.4. The van der Waals surface area contributed by atoms with E-state index in [1.807, 2.05) is 0 Å². The zero-order valence-corrected chi connectivity index (χ0v) is 14.9. The van der Waals surface area contributed by atoms with Crippen molar-refractivity contribution < 1.29 is 22.3 Å². The number of ether oxygens (including phenoxy) is 1. The molecule has 0 spiro atoms. The van der Waals surface area contributed by atoms with Crippen LogP contribution in [0.2, 0.25) is 0 Å². The van der Waals surface area contributed by atoms with E-state index in [2.05, 4.69) is 15.1 Å². The Hall–Kier alpha value is -3.01. The van der Waals surface area contributed by atoms with Crippen molar-refractivity contribution in [3.8, 4) is 22.9 Å². The van der Waals surface area contributed by atoms with Crippen LogP contribution in [0.15, 0.2) is 36.8 Å². The van der Waals surface area contributed by atoms with Gasteiger partial charge in [-0.2, -0.15) is 18.3 Å². The molecule has 148 valence electrons. The molecule has 0 amide bonds. The van der Waals surface area contributed by atoms with Gasteiger partial charge in [0.25, 0.3) is 0 Å². The third-order valence-electron chi connectivity index (χ3n) is 3.93. The number of alkyl halides is 3. The van der Waals surface area contributed by atoms with Crippen LogP contribution in [0.1, 0.15) is 11.3 Å². The molecule has 0 radical (unpaired) electrons. The summed E-state index contributed by atoms with van der Waals surface area (Å²) in [7, 11) is 0. The normalized spacial score (nSPS) is 11.6. The number of rotatable bonds is 6. The molecule has 2 heterocycles. The van der Waals surface area contributed by atoms with E-state index in [0.717, 1.165) is 22.5 Å². The topological polar surface area (TPSA) is 78.8 Å². The van der Waals surface area contributed by atoms with E-state index in [1.54, 1.807) is 12.4 Å². The minimum atomic E-state index is -4.42. The molecule has 0 fully saturated rings. The lowest BCUT2D eigenvalue weighted by Gasteiger charge is -2.12. The largest absolute Gasteiger partial charge is 0.453 e. The first-order valence-electron chi connectivity index (χ1n) is 8.35. The van der Waals surface area contributed by atoms with E-state index in [9.17, 15) is 17.6 Å². The van der Waals surface area contributed by atoms with Gasteiger partial charge in [-0.1, -0.05) is 0 Å². The fourth-order valence-electron chi connectivity index (χ4n) is 2.53. The van der Waals surface area contributed by atoms with Crippen molar-refractivity contribution in [2.75, 3.05) is 6.54 Å². The molecule has 0 saturated heterocycles. The van der Waals surface area contributed by atoms with Crippen LogP contribution in [0.5, 0.6) is 11.5 Å². The second-order valence-electron chi connectivity index (χ2n) is 6.06. The molecule has 2 aromatic heterocycles. The fraction of sp³-hybridized carbons (Fsp3) is 0.278. The van der Waals surface area contributed by atoms with Crippen LogP contribution in [0.25, 0.3) is 11.4 Å². The SMILES string of the molecule is Cc1c(Oc2cc(F)ccc2-c2ncc(CCN)cn2)cnn1CC(F)(F)F. The van der Waals surface area contributed by atoms with Crippen LogP contribution in [0, 0.1) is 12.7 Å². The van der Waals surface area contributed by atoms with Gasteiger partial charge in [-0.25, -0.2) is 14.4 Å². The predicted octanol–water partition coefficient (Wildman–Crippen LogP) is 3.64. The third kappa shape index (κ3) is 4.63. The lowest BCUT2D eigenvalue weighted by molar-refractivity contribution is -0.142. The summed E-state index contributed by atoms with van der Waals surface area (Å²) in [6.07, 6.45) is 0.562. The van der Waals surface area contributed by atoms with Gasteiger partial charge in [0.15, 0.2) is 11.6 Å². The van der Waals surface area contributed by atoms with Crippen LogP contribution in [0.4, 0.5) is 17.6 Å². The summed E-state index contributed by atoms with van der Waals surface area (Å²) < 4.78 is 58.0. The zero-order chi connectivity index (χ0) is 20.3. The number of aromatic nitrogens is 4. The van der Waals surface area contributed by atoms with Crippen molar-refractivity contribution in [2.45, 2.75) is 26.1 Å². The first-order chi connectivity index (χ1) is 13.3. The standard InChI is InChI=1S/C18H17F4N5O/c1-11-16(9-26-27(11)10-18(20,21)22)28-15-6-13(19)2-3-14(15)17-24-7-12(4-5-23)8-25-17/h2-3,6-9H,4-5,10,23H2,1H3. The molecule has 28 heavy (non-hydrogen) atoms. The van der Waals surface area contributed by atoms with E-state index in [1.165, 1.54) is 19.1 Å². The lowest BCUT2D eigenvalue weighted by Crippen LogP contribution is -2.19. The van der Waals surface area contributed by atoms with Gasteiger partial charge in [-0.3, -0.25) is 4.68 Å². The number of hydrogen-bond acceptors (Lipinski definition) is 5. The highest BCUT2D eigenvalue weighted by Gasteiger charge is 2.29. The van der Waals surface area contributed by atoms with Gasteiger partial charge < -0.3 is 10.5 Å². The Morgan fingerprint density at radius 2 is 1.82 bits per heavy atom. The van der Waals surface area contributed by atoms with Crippen LogP contribution in [0.3, 0.4) is 0 Å². The van der Waals surface area contributed by atoms with E-state index in [4.69, 9.17) is 10.5 Å². The van der Waals surface area contributed by atoms with E-state index < -0.39 is 18.5 Å². The van der Waals surface area contributed by atoms with Gasteiger partial charge in [0.2, 0.25) is 0 Å². The number of benzene rings is 1. The Balaban J connectivity index is 1.92. The summed E-state index contributed by atoms with van der Waals surface area (Å²) >= 11 is 0. The average Bonchev–Trinajstić information content (AvgIpc) is 2.95. The summed E-state index contributed by atoms with van der Waals surface area (Å²) in [5.41, 5.74) is 6.89. The fourth-order valence-corrected chi connectivity index (χ4v) is 2.53. The van der Waals surface area contributed by atoms with Crippen LogP contribution in [-0.2, 0) is 13.0 Å². The predicted molar refractivity (Wildman–Crippen MR) is 93.3 cm³/mol. The molecule has 0 aliphatic rings. The second-order valence-corrected chi connectivity index (χ2v) is 6.06. The molecular weight excluding hydrogens is 378 g/mol. The number of halogens is 4. The van der Waals surface area contributed by atoms with Crippen molar-refractivity contribution in [3.05, 3.63) is 53.9 Å². The maximum Gasteiger partial charge on any atom is 0.408 e.